The monoisotopic (exact) mass is 278 g/mol. The number of carbonyl (C=O) groups is 3. The minimum atomic E-state index is -0.959. The van der Waals surface area contributed by atoms with Gasteiger partial charge in [0, 0.05) is 12.7 Å². The molecule has 0 aliphatic rings. The van der Waals surface area contributed by atoms with E-state index in [0.717, 1.165) is 5.56 Å². The number of benzene rings is 1. The molecule has 1 aromatic carbocycles. The third kappa shape index (κ3) is 4.97. The van der Waals surface area contributed by atoms with Gasteiger partial charge in [-0.3, -0.25) is 14.4 Å². The molecule has 1 rings (SSSR count). The van der Waals surface area contributed by atoms with Crippen molar-refractivity contribution in [2.24, 2.45) is 5.73 Å². The number of anilines is 1. The van der Waals surface area contributed by atoms with Gasteiger partial charge >= 0.3 is 0 Å². The Morgan fingerprint density at radius 1 is 1.20 bits per heavy atom. The zero-order valence-electron chi connectivity index (χ0n) is 11.2. The highest BCUT2D eigenvalue weighted by Gasteiger charge is 2.21. The first-order valence-corrected chi connectivity index (χ1v) is 6.06. The minimum Gasteiger partial charge on any atom is -0.399 e. The van der Waals surface area contributed by atoms with Crippen LogP contribution in [0.3, 0.4) is 0 Å². The minimum absolute atomic E-state index is 0.0898. The van der Waals surface area contributed by atoms with Gasteiger partial charge in [-0.25, -0.2) is 0 Å². The molecule has 6 N–H and O–H groups in total. The Morgan fingerprint density at radius 2 is 1.80 bits per heavy atom. The first kappa shape index (κ1) is 15.5. The molecule has 0 aliphatic heterocycles. The van der Waals surface area contributed by atoms with Crippen LogP contribution in [0.2, 0.25) is 0 Å². The second-order valence-electron chi connectivity index (χ2n) is 4.32. The van der Waals surface area contributed by atoms with E-state index in [9.17, 15) is 14.4 Å². The van der Waals surface area contributed by atoms with Gasteiger partial charge in [-0.2, -0.15) is 0 Å². The van der Waals surface area contributed by atoms with Gasteiger partial charge in [0.25, 0.3) is 0 Å². The lowest BCUT2D eigenvalue weighted by atomic mass is 10.1. The Hall–Kier alpha value is -2.57. The van der Waals surface area contributed by atoms with Gasteiger partial charge in [-0.1, -0.05) is 12.1 Å². The van der Waals surface area contributed by atoms with E-state index in [4.69, 9.17) is 11.5 Å². The van der Waals surface area contributed by atoms with Crippen LogP contribution in [0.5, 0.6) is 0 Å². The quantitative estimate of drug-likeness (QED) is 0.493. The maximum Gasteiger partial charge on any atom is 0.242 e. The highest BCUT2D eigenvalue weighted by molar-refractivity contribution is 5.91. The molecule has 0 saturated heterocycles. The van der Waals surface area contributed by atoms with E-state index < -0.39 is 17.9 Å². The highest BCUT2D eigenvalue weighted by Crippen LogP contribution is 2.06. The van der Waals surface area contributed by atoms with Crippen molar-refractivity contribution in [3.05, 3.63) is 29.8 Å². The van der Waals surface area contributed by atoms with Crippen LogP contribution in [0.1, 0.15) is 12.0 Å². The van der Waals surface area contributed by atoms with Crippen molar-refractivity contribution >= 4 is 23.4 Å². The van der Waals surface area contributed by atoms with Gasteiger partial charge < -0.3 is 22.1 Å². The number of rotatable bonds is 6. The second kappa shape index (κ2) is 7.13. The smallest absolute Gasteiger partial charge is 0.242 e. The predicted octanol–water partition coefficient (Wildman–Crippen LogP) is -1.08. The summed E-state index contributed by atoms with van der Waals surface area (Å²) >= 11 is 0. The molecule has 0 aliphatic carbocycles. The van der Waals surface area contributed by atoms with Gasteiger partial charge in [0.15, 0.2) is 0 Å². The predicted molar refractivity (Wildman–Crippen MR) is 74.4 cm³/mol. The lowest BCUT2D eigenvalue weighted by molar-refractivity contribution is -0.130. The fraction of sp³-hybridized carbons (Fsp3) is 0.308. The fourth-order valence-electron chi connectivity index (χ4n) is 1.65. The van der Waals surface area contributed by atoms with Crippen LogP contribution in [0.15, 0.2) is 24.3 Å². The van der Waals surface area contributed by atoms with Gasteiger partial charge in [0.05, 0.1) is 12.8 Å². The molecular formula is C13H18N4O3. The SMILES string of the molecule is CNC(=O)C(CC(N)=O)NC(=O)Cc1ccc(N)cc1. The van der Waals surface area contributed by atoms with Crippen LogP contribution in [0.4, 0.5) is 5.69 Å². The van der Waals surface area contributed by atoms with Crippen molar-refractivity contribution in [3.63, 3.8) is 0 Å². The van der Waals surface area contributed by atoms with Crippen molar-refractivity contribution in [2.75, 3.05) is 12.8 Å². The van der Waals surface area contributed by atoms with Gasteiger partial charge in [0.1, 0.15) is 6.04 Å². The molecule has 0 fully saturated rings. The summed E-state index contributed by atoms with van der Waals surface area (Å²) in [4.78, 5) is 34.2. The Balaban J connectivity index is 2.63. The summed E-state index contributed by atoms with van der Waals surface area (Å²) in [6.07, 6.45) is -0.153. The molecule has 7 heteroatoms. The molecule has 0 aromatic heterocycles. The molecule has 20 heavy (non-hydrogen) atoms. The Bertz CT molecular complexity index is 499. The molecule has 0 radical (unpaired) electrons. The highest BCUT2D eigenvalue weighted by atomic mass is 16.2. The Labute approximate surface area is 116 Å². The summed E-state index contributed by atoms with van der Waals surface area (Å²) in [6.45, 7) is 0. The standard InChI is InChI=1S/C13H18N4O3/c1-16-13(20)10(7-11(15)18)17-12(19)6-8-2-4-9(14)5-3-8/h2-5,10H,6-7,14H2,1H3,(H2,15,18)(H,16,20)(H,17,19). The maximum atomic E-state index is 11.8. The van der Waals surface area contributed by atoms with E-state index in [0.29, 0.717) is 5.69 Å². The summed E-state index contributed by atoms with van der Waals surface area (Å²) in [5.74, 6) is -1.49. The first-order valence-electron chi connectivity index (χ1n) is 6.06. The number of likely N-dealkylation sites (N-methyl/N-ethyl adjacent to an activating group) is 1. The van der Waals surface area contributed by atoms with Crippen molar-refractivity contribution < 1.29 is 14.4 Å². The summed E-state index contributed by atoms with van der Waals surface area (Å²) in [5.41, 5.74) is 12.0. The zero-order chi connectivity index (χ0) is 15.1. The molecule has 0 heterocycles. The lowest BCUT2D eigenvalue weighted by Gasteiger charge is -2.15. The van der Waals surface area contributed by atoms with Crippen molar-refractivity contribution in [1.29, 1.82) is 0 Å². The topological polar surface area (TPSA) is 127 Å². The maximum absolute atomic E-state index is 11.8. The van der Waals surface area contributed by atoms with Crippen LogP contribution >= 0.6 is 0 Å². The summed E-state index contributed by atoms with van der Waals surface area (Å²) in [7, 11) is 1.42. The number of hydrogen-bond acceptors (Lipinski definition) is 4. The molecule has 1 aromatic rings. The number of amides is 3. The number of nitrogens with two attached hydrogens (primary N) is 2. The number of nitrogens with one attached hydrogen (secondary N) is 2. The fourth-order valence-corrected chi connectivity index (χ4v) is 1.65. The zero-order valence-corrected chi connectivity index (χ0v) is 11.2. The van der Waals surface area contributed by atoms with Crippen LogP contribution < -0.4 is 22.1 Å². The van der Waals surface area contributed by atoms with E-state index in [-0.39, 0.29) is 18.7 Å². The second-order valence-corrected chi connectivity index (χ2v) is 4.32. The van der Waals surface area contributed by atoms with Crippen LogP contribution in [-0.4, -0.2) is 30.8 Å². The third-order valence-electron chi connectivity index (χ3n) is 2.65. The van der Waals surface area contributed by atoms with Gasteiger partial charge in [-0.05, 0) is 17.7 Å². The van der Waals surface area contributed by atoms with Crippen molar-refractivity contribution in [3.8, 4) is 0 Å². The van der Waals surface area contributed by atoms with Crippen LogP contribution in [0.25, 0.3) is 0 Å². The molecule has 0 spiro atoms. The van der Waals surface area contributed by atoms with E-state index >= 15 is 0 Å². The Kier molecular flexibility index (Phi) is 5.52. The first-order chi connectivity index (χ1) is 9.42. The number of primary amides is 1. The average Bonchev–Trinajstić information content (AvgIpc) is 2.39. The summed E-state index contributed by atoms with van der Waals surface area (Å²) in [6, 6.07) is 5.85. The molecule has 7 nitrogen and oxygen atoms in total. The molecule has 0 bridgehead atoms. The normalized spacial score (nSPS) is 11.4. The lowest BCUT2D eigenvalue weighted by Crippen LogP contribution is -2.48. The van der Waals surface area contributed by atoms with E-state index in [1.807, 2.05) is 0 Å². The average molecular weight is 278 g/mol. The van der Waals surface area contributed by atoms with Gasteiger partial charge in [0.2, 0.25) is 17.7 Å². The molecule has 0 saturated carbocycles. The van der Waals surface area contributed by atoms with Crippen LogP contribution in [0, 0.1) is 0 Å². The molecular weight excluding hydrogens is 260 g/mol. The molecule has 3 amide bonds. The Morgan fingerprint density at radius 3 is 2.30 bits per heavy atom. The number of carbonyl (C=O) groups excluding carboxylic acids is 3. The summed E-state index contributed by atoms with van der Waals surface area (Å²) in [5, 5.41) is 4.85. The molecule has 1 atom stereocenters. The number of nitrogen functional groups attached to an aromatic ring is 1. The van der Waals surface area contributed by atoms with Gasteiger partial charge in [-0.15, -0.1) is 0 Å². The number of hydrogen-bond donors (Lipinski definition) is 4. The van der Waals surface area contributed by atoms with E-state index in [1.54, 1.807) is 24.3 Å². The third-order valence-corrected chi connectivity index (χ3v) is 2.65. The van der Waals surface area contributed by atoms with Crippen molar-refractivity contribution in [2.45, 2.75) is 18.9 Å². The largest absolute Gasteiger partial charge is 0.399 e. The molecule has 108 valence electrons. The summed E-state index contributed by atoms with van der Waals surface area (Å²) < 4.78 is 0. The van der Waals surface area contributed by atoms with Crippen molar-refractivity contribution in [1.82, 2.24) is 10.6 Å². The van der Waals surface area contributed by atoms with E-state index in [2.05, 4.69) is 10.6 Å². The van der Waals surface area contributed by atoms with Crippen LogP contribution in [-0.2, 0) is 20.8 Å². The molecule has 1 unspecified atom stereocenters. The van der Waals surface area contributed by atoms with E-state index in [1.165, 1.54) is 7.05 Å².